The summed E-state index contributed by atoms with van der Waals surface area (Å²) in [7, 11) is 0. The summed E-state index contributed by atoms with van der Waals surface area (Å²) in [5, 5.41) is 1.86. The lowest BCUT2D eigenvalue weighted by molar-refractivity contribution is 0.898. The molecule has 0 atom stereocenters. The van der Waals surface area contributed by atoms with Gasteiger partial charge in [0.05, 0.1) is 5.52 Å². The van der Waals surface area contributed by atoms with E-state index in [4.69, 9.17) is 16.6 Å². The Bertz CT molecular complexity index is 1010. The standard InChI is InChI=1S/C24H20ClN/c25-22-12-14-24-21(17-22)16-20(15-19-9-5-2-6-10-19)23(26-24)13-11-18-7-3-1-4-8-18/h1-10,12,14,16-17H,11,13,15H2. The first-order chi connectivity index (χ1) is 12.8. The van der Waals surface area contributed by atoms with Crippen molar-refractivity contribution in [2.75, 3.05) is 0 Å². The summed E-state index contributed by atoms with van der Waals surface area (Å²) in [6.45, 7) is 0. The van der Waals surface area contributed by atoms with Gasteiger partial charge in [-0.15, -0.1) is 0 Å². The van der Waals surface area contributed by atoms with E-state index in [9.17, 15) is 0 Å². The number of nitrogens with zero attached hydrogens (tertiary/aromatic N) is 1. The molecule has 0 aliphatic rings. The zero-order chi connectivity index (χ0) is 17.8. The number of hydrogen-bond donors (Lipinski definition) is 0. The molecular formula is C24H20ClN. The Labute approximate surface area is 159 Å². The third-order valence-electron chi connectivity index (χ3n) is 4.68. The summed E-state index contributed by atoms with van der Waals surface area (Å²) in [6.07, 6.45) is 2.82. The molecule has 0 saturated carbocycles. The molecule has 0 aliphatic heterocycles. The van der Waals surface area contributed by atoms with Crippen molar-refractivity contribution in [3.63, 3.8) is 0 Å². The lowest BCUT2D eigenvalue weighted by Crippen LogP contribution is -2.02. The molecule has 1 aromatic heterocycles. The third-order valence-corrected chi connectivity index (χ3v) is 4.91. The van der Waals surface area contributed by atoms with Crippen molar-refractivity contribution in [1.82, 2.24) is 4.98 Å². The fraction of sp³-hybridized carbons (Fsp3) is 0.125. The quantitative estimate of drug-likeness (QED) is 0.410. The van der Waals surface area contributed by atoms with Gasteiger partial charge in [-0.2, -0.15) is 0 Å². The summed E-state index contributed by atoms with van der Waals surface area (Å²) in [6, 6.07) is 29.3. The van der Waals surface area contributed by atoms with Crippen molar-refractivity contribution in [2.24, 2.45) is 0 Å². The average Bonchev–Trinajstić information content (AvgIpc) is 2.68. The highest BCUT2D eigenvalue weighted by atomic mass is 35.5. The Morgan fingerprint density at radius 1 is 0.692 bits per heavy atom. The summed E-state index contributed by atoms with van der Waals surface area (Å²) in [4.78, 5) is 4.97. The van der Waals surface area contributed by atoms with E-state index in [0.717, 1.165) is 35.2 Å². The van der Waals surface area contributed by atoms with E-state index in [2.05, 4.69) is 66.7 Å². The number of benzene rings is 3. The Hall–Kier alpha value is -2.64. The topological polar surface area (TPSA) is 12.9 Å². The van der Waals surface area contributed by atoms with Crippen molar-refractivity contribution in [3.8, 4) is 0 Å². The molecule has 0 unspecified atom stereocenters. The normalized spacial score (nSPS) is 11.0. The van der Waals surface area contributed by atoms with E-state index in [1.165, 1.54) is 22.4 Å². The molecule has 0 bridgehead atoms. The van der Waals surface area contributed by atoms with Crippen molar-refractivity contribution in [1.29, 1.82) is 0 Å². The zero-order valence-corrected chi connectivity index (χ0v) is 15.3. The van der Waals surface area contributed by atoms with Gasteiger partial charge >= 0.3 is 0 Å². The van der Waals surface area contributed by atoms with Crippen LogP contribution >= 0.6 is 11.6 Å². The summed E-state index contributed by atoms with van der Waals surface area (Å²) in [5.74, 6) is 0. The zero-order valence-electron chi connectivity index (χ0n) is 14.5. The minimum atomic E-state index is 0.752. The third kappa shape index (κ3) is 3.95. The monoisotopic (exact) mass is 357 g/mol. The second kappa shape index (κ2) is 7.72. The van der Waals surface area contributed by atoms with Crippen molar-refractivity contribution in [2.45, 2.75) is 19.3 Å². The van der Waals surface area contributed by atoms with E-state index in [0.29, 0.717) is 0 Å². The van der Waals surface area contributed by atoms with Gasteiger partial charge < -0.3 is 0 Å². The Kier molecular flexibility index (Phi) is 4.99. The van der Waals surface area contributed by atoms with E-state index >= 15 is 0 Å². The fourth-order valence-electron chi connectivity index (χ4n) is 3.32. The number of hydrogen-bond acceptors (Lipinski definition) is 1. The first-order valence-electron chi connectivity index (χ1n) is 8.94. The SMILES string of the molecule is Clc1ccc2nc(CCc3ccccc3)c(Cc3ccccc3)cc2c1. The molecule has 3 aromatic carbocycles. The molecule has 26 heavy (non-hydrogen) atoms. The van der Waals surface area contributed by atoms with Crippen molar-refractivity contribution < 1.29 is 0 Å². The van der Waals surface area contributed by atoms with E-state index in [1.54, 1.807) is 0 Å². The van der Waals surface area contributed by atoms with Crippen LogP contribution in [0.2, 0.25) is 5.02 Å². The molecule has 1 nitrogen and oxygen atoms in total. The summed E-state index contributed by atoms with van der Waals surface area (Å²) < 4.78 is 0. The first-order valence-corrected chi connectivity index (χ1v) is 9.32. The number of aromatic nitrogens is 1. The van der Waals surface area contributed by atoms with Crippen LogP contribution in [0.1, 0.15) is 22.4 Å². The van der Waals surface area contributed by atoms with Crippen LogP contribution in [-0.2, 0) is 19.3 Å². The molecule has 0 amide bonds. The Balaban J connectivity index is 1.70. The van der Waals surface area contributed by atoms with Gasteiger partial charge in [-0.25, -0.2) is 0 Å². The summed E-state index contributed by atoms with van der Waals surface area (Å²) >= 11 is 6.18. The van der Waals surface area contributed by atoms with Crippen LogP contribution in [0.15, 0.2) is 84.9 Å². The fourth-order valence-corrected chi connectivity index (χ4v) is 3.50. The molecule has 4 aromatic rings. The first kappa shape index (κ1) is 16.8. The average molecular weight is 358 g/mol. The van der Waals surface area contributed by atoms with Crippen LogP contribution in [-0.4, -0.2) is 4.98 Å². The molecule has 0 fully saturated rings. The van der Waals surface area contributed by atoms with Gasteiger partial charge in [0.2, 0.25) is 0 Å². The molecule has 128 valence electrons. The highest BCUT2D eigenvalue weighted by Crippen LogP contribution is 2.24. The molecule has 0 spiro atoms. The maximum Gasteiger partial charge on any atom is 0.0706 e. The molecule has 0 radical (unpaired) electrons. The van der Waals surface area contributed by atoms with Gasteiger partial charge in [0.1, 0.15) is 0 Å². The highest BCUT2D eigenvalue weighted by molar-refractivity contribution is 6.31. The maximum absolute atomic E-state index is 6.18. The minimum Gasteiger partial charge on any atom is -0.253 e. The second-order valence-corrected chi connectivity index (χ2v) is 7.02. The molecule has 0 aliphatic carbocycles. The number of rotatable bonds is 5. The summed E-state index contributed by atoms with van der Waals surface area (Å²) in [5.41, 5.74) is 6.11. The molecule has 0 N–H and O–H groups in total. The largest absolute Gasteiger partial charge is 0.253 e. The van der Waals surface area contributed by atoms with Crippen LogP contribution in [0.5, 0.6) is 0 Å². The lowest BCUT2D eigenvalue weighted by atomic mass is 9.98. The number of halogens is 1. The smallest absolute Gasteiger partial charge is 0.0706 e. The minimum absolute atomic E-state index is 0.752. The van der Waals surface area contributed by atoms with Gasteiger partial charge in [0.15, 0.2) is 0 Å². The Morgan fingerprint density at radius 3 is 2.12 bits per heavy atom. The van der Waals surface area contributed by atoms with Crippen LogP contribution in [0.4, 0.5) is 0 Å². The van der Waals surface area contributed by atoms with Crippen LogP contribution in [0, 0.1) is 0 Å². The predicted molar refractivity (Wildman–Crippen MR) is 110 cm³/mol. The van der Waals surface area contributed by atoms with Gasteiger partial charge in [-0.05, 0) is 60.2 Å². The lowest BCUT2D eigenvalue weighted by Gasteiger charge is -2.12. The molecule has 1 heterocycles. The maximum atomic E-state index is 6.18. The molecule has 0 saturated heterocycles. The number of pyridine rings is 1. The van der Waals surface area contributed by atoms with Gasteiger partial charge in [0.25, 0.3) is 0 Å². The van der Waals surface area contributed by atoms with E-state index in [-0.39, 0.29) is 0 Å². The van der Waals surface area contributed by atoms with Gasteiger partial charge in [-0.3, -0.25) is 4.98 Å². The molecule has 4 rings (SSSR count). The number of fused-ring (bicyclic) bond motifs is 1. The van der Waals surface area contributed by atoms with Crippen molar-refractivity contribution >= 4 is 22.5 Å². The van der Waals surface area contributed by atoms with Gasteiger partial charge in [-0.1, -0.05) is 72.3 Å². The second-order valence-electron chi connectivity index (χ2n) is 6.58. The van der Waals surface area contributed by atoms with Crippen LogP contribution in [0.3, 0.4) is 0 Å². The van der Waals surface area contributed by atoms with Gasteiger partial charge in [0, 0.05) is 16.1 Å². The van der Waals surface area contributed by atoms with Crippen LogP contribution in [0.25, 0.3) is 10.9 Å². The van der Waals surface area contributed by atoms with Crippen molar-refractivity contribution in [3.05, 3.63) is 112 Å². The Morgan fingerprint density at radius 2 is 1.38 bits per heavy atom. The van der Waals surface area contributed by atoms with Crippen LogP contribution < -0.4 is 0 Å². The van der Waals surface area contributed by atoms with E-state index in [1.807, 2.05) is 18.2 Å². The predicted octanol–water partition coefficient (Wildman–Crippen LogP) is 6.26. The van der Waals surface area contributed by atoms with E-state index < -0.39 is 0 Å². The number of aryl methyl sites for hydroxylation is 2. The molecule has 2 heteroatoms. The molecular weight excluding hydrogens is 338 g/mol. The highest BCUT2D eigenvalue weighted by Gasteiger charge is 2.09.